The molecule has 2 rings (SSSR count). The van der Waals surface area contributed by atoms with Gasteiger partial charge in [-0.3, -0.25) is 4.79 Å². The summed E-state index contributed by atoms with van der Waals surface area (Å²) >= 11 is 7.08. The maximum absolute atomic E-state index is 13.4. The van der Waals surface area contributed by atoms with Gasteiger partial charge >= 0.3 is 0 Å². The Morgan fingerprint density at radius 3 is 2.69 bits per heavy atom. The second kappa shape index (κ2) is 4.36. The van der Waals surface area contributed by atoms with E-state index in [0.717, 1.165) is 4.88 Å². The molecule has 0 fully saturated rings. The highest BCUT2D eigenvalue weighted by molar-refractivity contribution is 7.14. The van der Waals surface area contributed by atoms with Crippen LogP contribution in [0.1, 0.15) is 20.1 Å². The Morgan fingerprint density at radius 1 is 1.31 bits per heavy atom. The minimum absolute atomic E-state index is 0.0225. The van der Waals surface area contributed by atoms with E-state index >= 15 is 0 Å². The van der Waals surface area contributed by atoms with Crippen molar-refractivity contribution in [2.24, 2.45) is 0 Å². The van der Waals surface area contributed by atoms with Crippen LogP contribution < -0.4 is 0 Å². The molecule has 1 heterocycles. The summed E-state index contributed by atoms with van der Waals surface area (Å²) in [5, 5.41) is 0.359. The van der Waals surface area contributed by atoms with Gasteiger partial charge in [0.2, 0.25) is 5.78 Å². The molecule has 0 aliphatic heterocycles. The number of carbonyl (C=O) groups is 1. The summed E-state index contributed by atoms with van der Waals surface area (Å²) in [4.78, 5) is 13.5. The van der Waals surface area contributed by atoms with E-state index in [1.54, 1.807) is 6.07 Å². The summed E-state index contributed by atoms with van der Waals surface area (Å²) in [5.41, 5.74) is 0.0225. The highest BCUT2D eigenvalue weighted by atomic mass is 35.5. The van der Waals surface area contributed by atoms with Gasteiger partial charge < -0.3 is 0 Å². The van der Waals surface area contributed by atoms with Crippen LogP contribution in [0.15, 0.2) is 30.3 Å². The second-order valence-electron chi connectivity index (χ2n) is 3.36. The van der Waals surface area contributed by atoms with E-state index in [1.807, 2.05) is 13.0 Å². The van der Waals surface area contributed by atoms with Gasteiger partial charge in [0.15, 0.2) is 0 Å². The maximum atomic E-state index is 13.4. The smallest absolute Gasteiger partial charge is 0.205 e. The first-order chi connectivity index (χ1) is 7.58. The van der Waals surface area contributed by atoms with Crippen molar-refractivity contribution in [3.05, 3.63) is 56.5 Å². The summed E-state index contributed by atoms with van der Waals surface area (Å²) < 4.78 is 13.4. The monoisotopic (exact) mass is 254 g/mol. The van der Waals surface area contributed by atoms with Gasteiger partial charge in [0, 0.05) is 9.90 Å². The Morgan fingerprint density at radius 2 is 2.06 bits per heavy atom. The molecule has 0 spiro atoms. The Hall–Kier alpha value is -1.19. The molecule has 2 aromatic rings. The van der Waals surface area contributed by atoms with E-state index in [2.05, 4.69) is 0 Å². The van der Waals surface area contributed by atoms with Crippen LogP contribution in [0, 0.1) is 12.7 Å². The molecular weight excluding hydrogens is 247 g/mol. The zero-order chi connectivity index (χ0) is 11.7. The molecule has 0 aliphatic carbocycles. The SMILES string of the molecule is Cc1ccc(C(=O)c2cc(Cl)ccc2F)s1. The van der Waals surface area contributed by atoms with Crippen molar-refractivity contribution >= 4 is 28.7 Å². The minimum Gasteiger partial charge on any atom is -0.288 e. The molecule has 0 N–H and O–H groups in total. The van der Waals surface area contributed by atoms with Gasteiger partial charge in [-0.2, -0.15) is 0 Å². The molecule has 16 heavy (non-hydrogen) atoms. The number of hydrogen-bond donors (Lipinski definition) is 0. The Balaban J connectivity index is 2.45. The average Bonchev–Trinajstić information content (AvgIpc) is 2.67. The van der Waals surface area contributed by atoms with Gasteiger partial charge in [-0.15, -0.1) is 11.3 Å². The fraction of sp³-hybridized carbons (Fsp3) is 0.0833. The Kier molecular flexibility index (Phi) is 3.08. The summed E-state index contributed by atoms with van der Waals surface area (Å²) in [6.07, 6.45) is 0. The van der Waals surface area contributed by atoms with E-state index in [9.17, 15) is 9.18 Å². The van der Waals surface area contributed by atoms with Crippen LogP contribution in [-0.2, 0) is 0 Å². The molecule has 0 aliphatic rings. The highest BCUT2D eigenvalue weighted by Crippen LogP contribution is 2.22. The third-order valence-electron chi connectivity index (χ3n) is 2.14. The van der Waals surface area contributed by atoms with Crippen LogP contribution in [-0.4, -0.2) is 5.78 Å². The van der Waals surface area contributed by atoms with E-state index in [1.165, 1.54) is 29.5 Å². The van der Waals surface area contributed by atoms with Crippen molar-refractivity contribution in [2.75, 3.05) is 0 Å². The van der Waals surface area contributed by atoms with Crippen LogP contribution >= 0.6 is 22.9 Å². The third kappa shape index (κ3) is 2.15. The van der Waals surface area contributed by atoms with Crippen molar-refractivity contribution in [2.45, 2.75) is 6.92 Å². The molecule has 1 nitrogen and oxygen atoms in total. The lowest BCUT2D eigenvalue weighted by atomic mass is 10.1. The number of benzene rings is 1. The van der Waals surface area contributed by atoms with E-state index < -0.39 is 5.82 Å². The third-order valence-corrected chi connectivity index (χ3v) is 3.37. The first-order valence-electron chi connectivity index (χ1n) is 4.64. The molecule has 0 amide bonds. The molecule has 0 saturated carbocycles. The van der Waals surface area contributed by atoms with E-state index in [4.69, 9.17) is 11.6 Å². The lowest BCUT2D eigenvalue weighted by Crippen LogP contribution is -2.01. The van der Waals surface area contributed by atoms with Gasteiger partial charge in [-0.25, -0.2) is 4.39 Å². The lowest BCUT2D eigenvalue weighted by molar-refractivity contribution is 0.103. The lowest BCUT2D eigenvalue weighted by Gasteiger charge is -2.00. The predicted molar refractivity (Wildman–Crippen MR) is 63.9 cm³/mol. The zero-order valence-corrected chi connectivity index (χ0v) is 10.0. The zero-order valence-electron chi connectivity index (χ0n) is 8.46. The molecule has 0 bridgehead atoms. The number of ketones is 1. The molecule has 1 aromatic carbocycles. The fourth-order valence-electron chi connectivity index (χ4n) is 1.36. The van der Waals surface area contributed by atoms with Gasteiger partial charge in [0.25, 0.3) is 0 Å². The molecular formula is C12H8ClFOS. The van der Waals surface area contributed by atoms with Gasteiger partial charge in [-0.1, -0.05) is 11.6 Å². The Bertz CT molecular complexity index is 548. The van der Waals surface area contributed by atoms with Crippen LogP contribution in [0.4, 0.5) is 4.39 Å². The van der Waals surface area contributed by atoms with Crippen molar-refractivity contribution in [1.82, 2.24) is 0 Å². The standard InChI is InChI=1S/C12H8ClFOS/c1-7-2-5-11(16-7)12(15)9-6-8(13)3-4-10(9)14/h2-6H,1H3. The number of carbonyl (C=O) groups excluding carboxylic acids is 1. The van der Waals surface area contributed by atoms with E-state index in [0.29, 0.717) is 9.90 Å². The number of halogens is 2. The number of hydrogen-bond acceptors (Lipinski definition) is 2. The van der Waals surface area contributed by atoms with Crippen molar-refractivity contribution < 1.29 is 9.18 Å². The van der Waals surface area contributed by atoms with Gasteiger partial charge in [-0.05, 0) is 37.3 Å². The molecule has 0 atom stereocenters. The Labute approximate surface area is 101 Å². The number of aryl methyl sites for hydroxylation is 1. The van der Waals surface area contributed by atoms with Crippen LogP contribution in [0.5, 0.6) is 0 Å². The quantitative estimate of drug-likeness (QED) is 0.738. The van der Waals surface area contributed by atoms with Crippen LogP contribution in [0.3, 0.4) is 0 Å². The largest absolute Gasteiger partial charge is 0.288 e. The molecule has 82 valence electrons. The fourth-order valence-corrected chi connectivity index (χ4v) is 2.35. The van der Waals surface area contributed by atoms with Crippen LogP contribution in [0.25, 0.3) is 0 Å². The molecule has 4 heteroatoms. The second-order valence-corrected chi connectivity index (χ2v) is 5.09. The summed E-state index contributed by atoms with van der Waals surface area (Å²) in [7, 11) is 0. The molecule has 1 aromatic heterocycles. The normalized spacial score (nSPS) is 10.4. The minimum atomic E-state index is -0.541. The first kappa shape index (κ1) is 11.3. The van der Waals surface area contributed by atoms with Crippen molar-refractivity contribution in [3.8, 4) is 0 Å². The molecule has 0 saturated heterocycles. The first-order valence-corrected chi connectivity index (χ1v) is 5.83. The topological polar surface area (TPSA) is 17.1 Å². The predicted octanol–water partition coefficient (Wildman–Crippen LogP) is 4.08. The average molecular weight is 255 g/mol. The van der Waals surface area contributed by atoms with Gasteiger partial charge in [0.1, 0.15) is 5.82 Å². The maximum Gasteiger partial charge on any atom is 0.205 e. The molecule has 0 unspecified atom stereocenters. The molecule has 0 radical (unpaired) electrons. The number of rotatable bonds is 2. The summed E-state index contributed by atoms with van der Waals surface area (Å²) in [5.74, 6) is -0.862. The van der Waals surface area contributed by atoms with Crippen molar-refractivity contribution in [3.63, 3.8) is 0 Å². The number of thiophene rings is 1. The highest BCUT2D eigenvalue weighted by Gasteiger charge is 2.15. The van der Waals surface area contributed by atoms with Crippen molar-refractivity contribution in [1.29, 1.82) is 0 Å². The van der Waals surface area contributed by atoms with E-state index in [-0.39, 0.29) is 11.3 Å². The van der Waals surface area contributed by atoms with Crippen LogP contribution in [0.2, 0.25) is 5.02 Å². The summed E-state index contributed by atoms with van der Waals surface area (Å²) in [6.45, 7) is 1.90. The summed E-state index contributed by atoms with van der Waals surface area (Å²) in [6, 6.07) is 7.51. The van der Waals surface area contributed by atoms with Gasteiger partial charge in [0.05, 0.1) is 10.4 Å².